The molecule has 0 aromatic heterocycles. The highest BCUT2D eigenvalue weighted by atomic mass is 16.2. The molecule has 0 radical (unpaired) electrons. The van der Waals surface area contributed by atoms with E-state index in [2.05, 4.69) is 29.5 Å². The molecule has 0 aromatic carbocycles. The summed E-state index contributed by atoms with van der Waals surface area (Å²) in [5.41, 5.74) is 0.342. The number of nitrogens with zero attached hydrogens (tertiary/aromatic N) is 1. The second-order valence-electron chi connectivity index (χ2n) is 7.21. The van der Waals surface area contributed by atoms with Crippen LogP contribution in [0.3, 0.4) is 0 Å². The number of carbonyl (C=O) groups is 1. The normalized spacial score (nSPS) is 25.6. The minimum atomic E-state index is -0.0768. The molecule has 4 heteroatoms. The third kappa shape index (κ3) is 4.45. The van der Waals surface area contributed by atoms with Gasteiger partial charge in [0.15, 0.2) is 0 Å². The Balaban J connectivity index is 1.70. The molecule has 20 heavy (non-hydrogen) atoms. The van der Waals surface area contributed by atoms with Crippen LogP contribution in [0.25, 0.3) is 0 Å². The van der Waals surface area contributed by atoms with Crippen molar-refractivity contribution in [2.24, 2.45) is 5.41 Å². The highest BCUT2D eigenvalue weighted by molar-refractivity contribution is 5.81. The van der Waals surface area contributed by atoms with E-state index in [0.717, 1.165) is 19.4 Å². The first-order chi connectivity index (χ1) is 9.48. The van der Waals surface area contributed by atoms with Gasteiger partial charge >= 0.3 is 0 Å². The molecule has 0 bridgehead atoms. The van der Waals surface area contributed by atoms with Crippen LogP contribution in [-0.2, 0) is 4.79 Å². The first-order valence-electron chi connectivity index (χ1n) is 8.21. The molecule has 0 spiro atoms. The van der Waals surface area contributed by atoms with Crippen molar-refractivity contribution in [2.45, 2.75) is 64.5 Å². The minimum Gasteiger partial charge on any atom is -0.352 e. The fourth-order valence-corrected chi connectivity index (χ4v) is 3.22. The number of likely N-dealkylation sites (tertiary alicyclic amines) is 1. The van der Waals surface area contributed by atoms with E-state index in [4.69, 9.17) is 0 Å². The van der Waals surface area contributed by atoms with Crippen molar-refractivity contribution in [3.05, 3.63) is 0 Å². The maximum absolute atomic E-state index is 12.1. The third-order valence-electron chi connectivity index (χ3n) is 5.12. The van der Waals surface area contributed by atoms with Gasteiger partial charge in [-0.1, -0.05) is 19.8 Å². The molecular formula is C16H31N3O. The topological polar surface area (TPSA) is 44.4 Å². The molecule has 1 aliphatic carbocycles. The summed E-state index contributed by atoms with van der Waals surface area (Å²) in [4.78, 5) is 14.5. The summed E-state index contributed by atoms with van der Waals surface area (Å²) >= 11 is 0. The lowest BCUT2D eigenvalue weighted by Gasteiger charge is -2.38. The first kappa shape index (κ1) is 15.8. The van der Waals surface area contributed by atoms with Gasteiger partial charge in [0.2, 0.25) is 5.91 Å². The second kappa shape index (κ2) is 6.90. The number of amides is 1. The Morgan fingerprint density at radius 3 is 2.50 bits per heavy atom. The summed E-state index contributed by atoms with van der Waals surface area (Å²) in [6.45, 7) is 7.61. The summed E-state index contributed by atoms with van der Waals surface area (Å²) < 4.78 is 0. The van der Waals surface area contributed by atoms with Gasteiger partial charge in [-0.05, 0) is 58.2 Å². The molecule has 2 rings (SSSR count). The van der Waals surface area contributed by atoms with Gasteiger partial charge in [-0.3, -0.25) is 4.79 Å². The third-order valence-corrected chi connectivity index (χ3v) is 5.12. The molecule has 1 saturated carbocycles. The van der Waals surface area contributed by atoms with Crippen LogP contribution in [0.15, 0.2) is 0 Å². The highest BCUT2D eigenvalue weighted by Crippen LogP contribution is 2.29. The maximum atomic E-state index is 12.1. The Morgan fingerprint density at radius 2 is 1.90 bits per heavy atom. The summed E-state index contributed by atoms with van der Waals surface area (Å²) in [7, 11) is 2.19. The zero-order valence-electron chi connectivity index (χ0n) is 13.4. The lowest BCUT2D eigenvalue weighted by molar-refractivity contribution is -0.123. The molecule has 1 atom stereocenters. The molecule has 1 unspecified atom stereocenters. The average molecular weight is 281 g/mol. The number of hydrogen-bond donors (Lipinski definition) is 2. The first-order valence-corrected chi connectivity index (χ1v) is 8.21. The summed E-state index contributed by atoms with van der Waals surface area (Å²) in [5.74, 6) is 0.174. The van der Waals surface area contributed by atoms with Crippen molar-refractivity contribution in [1.82, 2.24) is 15.5 Å². The number of carbonyl (C=O) groups excluding carboxylic acids is 1. The molecule has 1 heterocycles. The van der Waals surface area contributed by atoms with Crippen molar-refractivity contribution in [1.29, 1.82) is 0 Å². The van der Waals surface area contributed by atoms with E-state index >= 15 is 0 Å². The van der Waals surface area contributed by atoms with Crippen molar-refractivity contribution in [3.8, 4) is 0 Å². The van der Waals surface area contributed by atoms with Gasteiger partial charge in [-0.25, -0.2) is 0 Å². The molecule has 116 valence electrons. The largest absolute Gasteiger partial charge is 0.352 e. The lowest BCUT2D eigenvalue weighted by atomic mass is 9.80. The SMILES string of the molecule is CC(NCC1(C)CCN(C)CC1)C(=O)NC1CCCC1. The van der Waals surface area contributed by atoms with Gasteiger partial charge in [0.25, 0.3) is 0 Å². The smallest absolute Gasteiger partial charge is 0.237 e. The minimum absolute atomic E-state index is 0.0768. The van der Waals surface area contributed by atoms with Crippen molar-refractivity contribution in [2.75, 3.05) is 26.7 Å². The van der Waals surface area contributed by atoms with Gasteiger partial charge in [-0.15, -0.1) is 0 Å². The van der Waals surface area contributed by atoms with E-state index in [1.807, 2.05) is 6.92 Å². The van der Waals surface area contributed by atoms with E-state index < -0.39 is 0 Å². The van der Waals surface area contributed by atoms with Gasteiger partial charge in [0.1, 0.15) is 0 Å². The van der Waals surface area contributed by atoms with E-state index in [-0.39, 0.29) is 11.9 Å². The van der Waals surface area contributed by atoms with Crippen LogP contribution in [0.4, 0.5) is 0 Å². The van der Waals surface area contributed by atoms with Crippen LogP contribution in [0.5, 0.6) is 0 Å². The molecular weight excluding hydrogens is 250 g/mol. The number of hydrogen-bond acceptors (Lipinski definition) is 3. The highest BCUT2D eigenvalue weighted by Gasteiger charge is 2.30. The van der Waals surface area contributed by atoms with Crippen LogP contribution < -0.4 is 10.6 Å². The molecule has 1 saturated heterocycles. The Kier molecular flexibility index (Phi) is 5.44. The Morgan fingerprint density at radius 1 is 1.30 bits per heavy atom. The Labute approximate surface area is 123 Å². The summed E-state index contributed by atoms with van der Waals surface area (Å²) in [6.07, 6.45) is 7.27. The van der Waals surface area contributed by atoms with Gasteiger partial charge in [-0.2, -0.15) is 0 Å². The van der Waals surface area contributed by atoms with Gasteiger partial charge in [0, 0.05) is 12.6 Å². The fourth-order valence-electron chi connectivity index (χ4n) is 3.22. The monoisotopic (exact) mass is 281 g/mol. The summed E-state index contributed by atoms with van der Waals surface area (Å²) in [5, 5.41) is 6.63. The van der Waals surface area contributed by atoms with E-state index in [0.29, 0.717) is 11.5 Å². The Bertz CT molecular complexity index is 318. The van der Waals surface area contributed by atoms with Crippen molar-refractivity contribution < 1.29 is 4.79 Å². The van der Waals surface area contributed by atoms with E-state index in [1.54, 1.807) is 0 Å². The number of rotatable bonds is 5. The molecule has 2 fully saturated rings. The van der Waals surface area contributed by atoms with Crippen LogP contribution in [0.1, 0.15) is 52.4 Å². The molecule has 4 nitrogen and oxygen atoms in total. The van der Waals surface area contributed by atoms with Crippen LogP contribution in [-0.4, -0.2) is 49.6 Å². The average Bonchev–Trinajstić information content (AvgIpc) is 2.93. The van der Waals surface area contributed by atoms with Crippen LogP contribution >= 0.6 is 0 Å². The summed E-state index contributed by atoms with van der Waals surface area (Å²) in [6, 6.07) is 0.345. The predicted molar refractivity (Wildman–Crippen MR) is 82.7 cm³/mol. The number of piperidine rings is 1. The van der Waals surface area contributed by atoms with E-state index in [9.17, 15) is 4.79 Å². The fraction of sp³-hybridized carbons (Fsp3) is 0.938. The lowest BCUT2D eigenvalue weighted by Crippen LogP contribution is -2.49. The van der Waals surface area contributed by atoms with Gasteiger partial charge < -0.3 is 15.5 Å². The molecule has 0 aromatic rings. The maximum Gasteiger partial charge on any atom is 0.237 e. The zero-order chi connectivity index (χ0) is 14.6. The molecule has 1 aliphatic heterocycles. The van der Waals surface area contributed by atoms with Crippen molar-refractivity contribution in [3.63, 3.8) is 0 Å². The quantitative estimate of drug-likeness (QED) is 0.807. The predicted octanol–water partition coefficient (Wildman–Crippen LogP) is 1.76. The molecule has 2 aliphatic rings. The van der Waals surface area contributed by atoms with Crippen LogP contribution in [0.2, 0.25) is 0 Å². The standard InChI is InChI=1S/C16H31N3O/c1-13(15(20)18-14-6-4-5-7-14)17-12-16(2)8-10-19(3)11-9-16/h13-14,17H,4-12H2,1-3H3,(H,18,20). The zero-order valence-corrected chi connectivity index (χ0v) is 13.4. The molecule has 2 N–H and O–H groups in total. The van der Waals surface area contributed by atoms with Crippen molar-refractivity contribution >= 4 is 5.91 Å². The number of nitrogens with one attached hydrogen (secondary N) is 2. The van der Waals surface area contributed by atoms with E-state index in [1.165, 1.54) is 38.8 Å². The van der Waals surface area contributed by atoms with Gasteiger partial charge in [0.05, 0.1) is 6.04 Å². The van der Waals surface area contributed by atoms with Crippen LogP contribution in [0, 0.1) is 5.41 Å². The molecule has 1 amide bonds. The Hall–Kier alpha value is -0.610. The second-order valence-corrected chi connectivity index (χ2v) is 7.21.